The summed E-state index contributed by atoms with van der Waals surface area (Å²) in [6, 6.07) is 7.71. The molecule has 0 aliphatic carbocycles. The number of benzene rings is 1. The number of likely N-dealkylation sites (tertiary alicyclic amines) is 1. The van der Waals surface area contributed by atoms with Crippen LogP contribution >= 0.6 is 0 Å². The van der Waals surface area contributed by atoms with Gasteiger partial charge in [-0.25, -0.2) is 4.68 Å². The molecule has 8 nitrogen and oxygen atoms in total. The lowest BCUT2D eigenvalue weighted by atomic mass is 9.98. The molecule has 4 rings (SSSR count). The minimum Gasteiger partial charge on any atom is -0.399 e. The van der Waals surface area contributed by atoms with Gasteiger partial charge in [0, 0.05) is 36.2 Å². The van der Waals surface area contributed by atoms with E-state index in [4.69, 9.17) is 5.73 Å². The Labute approximate surface area is 225 Å². The second-order valence-corrected chi connectivity index (χ2v) is 9.89. The predicted octanol–water partition coefficient (Wildman–Crippen LogP) is 4.02. The molecule has 1 fully saturated rings. The van der Waals surface area contributed by atoms with Crippen molar-refractivity contribution in [3.8, 4) is 0 Å². The molecule has 2 aliphatic heterocycles. The van der Waals surface area contributed by atoms with E-state index in [1.165, 1.54) is 0 Å². The largest absolute Gasteiger partial charge is 0.399 e. The zero-order valence-electron chi connectivity index (χ0n) is 22.5. The normalized spacial score (nSPS) is 18.1. The van der Waals surface area contributed by atoms with E-state index >= 15 is 0 Å². The molecule has 8 heteroatoms. The van der Waals surface area contributed by atoms with Gasteiger partial charge in [-0.1, -0.05) is 39.5 Å². The Kier molecular flexibility index (Phi) is 8.51. The molecular weight excluding hydrogens is 476 g/mol. The van der Waals surface area contributed by atoms with E-state index < -0.39 is 6.17 Å². The maximum Gasteiger partial charge on any atom is 0.273 e. The summed E-state index contributed by atoms with van der Waals surface area (Å²) in [5, 5.41) is 10.7. The number of hydrogen-bond donors (Lipinski definition) is 3. The van der Waals surface area contributed by atoms with Crippen molar-refractivity contribution in [1.82, 2.24) is 25.3 Å². The first-order chi connectivity index (χ1) is 18.3. The Morgan fingerprint density at radius 1 is 1.21 bits per heavy atom. The van der Waals surface area contributed by atoms with Crippen LogP contribution in [0.1, 0.15) is 60.9 Å². The average molecular weight is 515 g/mol. The number of rotatable bonds is 8. The highest BCUT2D eigenvalue weighted by atomic mass is 16.2. The lowest BCUT2D eigenvalue weighted by Gasteiger charge is -2.31. The number of nitrogens with one attached hydrogen (secondary N) is 2. The van der Waals surface area contributed by atoms with Crippen LogP contribution < -0.4 is 16.4 Å². The molecule has 1 saturated heterocycles. The standard InChI is InChI=1S/C30H38N6O2/c1-5-8-27(22-9-11-25(31)21(6-2)17-22)36-24(7-3)18-26(34-36)29(37)33-28-12-10-23(19-32-28)30(38)35-15-13-20(4)14-16-35/h5,8-12,17-20,28,32H,1,6-7,13-16,31H2,2-4H3,(H,33,37)/b27-8-. The second kappa shape index (κ2) is 12.0. The van der Waals surface area contributed by atoms with Gasteiger partial charge in [-0.15, -0.1) is 0 Å². The van der Waals surface area contributed by atoms with Crippen molar-refractivity contribution in [2.75, 3.05) is 18.8 Å². The van der Waals surface area contributed by atoms with E-state index in [0.717, 1.165) is 60.6 Å². The van der Waals surface area contributed by atoms with Gasteiger partial charge in [0.2, 0.25) is 0 Å². The molecule has 1 unspecified atom stereocenters. The topological polar surface area (TPSA) is 105 Å². The molecule has 2 aliphatic rings. The minimum atomic E-state index is -0.442. The van der Waals surface area contributed by atoms with E-state index in [1.54, 1.807) is 35.2 Å². The molecule has 0 spiro atoms. The lowest BCUT2D eigenvalue weighted by molar-refractivity contribution is -0.128. The van der Waals surface area contributed by atoms with E-state index in [2.05, 4.69) is 42.2 Å². The first kappa shape index (κ1) is 27.0. The third kappa shape index (κ3) is 5.90. The molecular formula is C30H38N6O2. The maximum absolute atomic E-state index is 13.1. The van der Waals surface area contributed by atoms with Crippen LogP contribution in [-0.2, 0) is 17.6 Å². The van der Waals surface area contributed by atoms with Gasteiger partial charge in [0.25, 0.3) is 11.8 Å². The summed E-state index contributed by atoms with van der Waals surface area (Å²) in [5.74, 6) is 0.374. The van der Waals surface area contributed by atoms with Crippen molar-refractivity contribution in [2.24, 2.45) is 5.92 Å². The average Bonchev–Trinajstić information content (AvgIpc) is 3.37. The van der Waals surface area contributed by atoms with E-state index in [-0.39, 0.29) is 11.8 Å². The number of aromatic nitrogens is 2. The molecule has 4 N–H and O–H groups in total. The molecule has 0 bridgehead atoms. The first-order valence-corrected chi connectivity index (χ1v) is 13.4. The zero-order chi connectivity index (χ0) is 27.2. The molecule has 1 atom stereocenters. The summed E-state index contributed by atoms with van der Waals surface area (Å²) in [6.45, 7) is 11.7. The third-order valence-electron chi connectivity index (χ3n) is 7.19. The number of amides is 2. The lowest BCUT2D eigenvalue weighted by Crippen LogP contribution is -2.44. The van der Waals surface area contributed by atoms with Gasteiger partial charge in [-0.3, -0.25) is 9.59 Å². The summed E-state index contributed by atoms with van der Waals surface area (Å²) >= 11 is 0. The molecule has 1 aromatic heterocycles. The van der Waals surface area contributed by atoms with Crippen LogP contribution in [-0.4, -0.2) is 45.8 Å². The van der Waals surface area contributed by atoms with Gasteiger partial charge in [0.15, 0.2) is 5.69 Å². The van der Waals surface area contributed by atoms with Crippen LogP contribution in [0.3, 0.4) is 0 Å². The van der Waals surface area contributed by atoms with Crippen LogP contribution in [0, 0.1) is 5.92 Å². The minimum absolute atomic E-state index is 0.0205. The van der Waals surface area contributed by atoms with Crippen LogP contribution in [0.15, 0.2) is 66.9 Å². The Morgan fingerprint density at radius 2 is 1.97 bits per heavy atom. The number of piperidine rings is 1. The number of hydrogen-bond acceptors (Lipinski definition) is 5. The maximum atomic E-state index is 13.1. The number of anilines is 1. The van der Waals surface area contributed by atoms with E-state index in [0.29, 0.717) is 23.6 Å². The summed E-state index contributed by atoms with van der Waals surface area (Å²) in [7, 11) is 0. The van der Waals surface area contributed by atoms with Crippen molar-refractivity contribution in [1.29, 1.82) is 0 Å². The van der Waals surface area contributed by atoms with Gasteiger partial charge >= 0.3 is 0 Å². The summed E-state index contributed by atoms with van der Waals surface area (Å²) in [5.41, 5.74) is 11.5. The number of carbonyl (C=O) groups is 2. The molecule has 0 radical (unpaired) electrons. The Balaban J connectivity index is 1.47. The number of nitrogens with zero attached hydrogens (tertiary/aromatic N) is 3. The fraction of sp³-hybridized carbons (Fsp3) is 0.367. The van der Waals surface area contributed by atoms with Gasteiger partial charge in [-0.2, -0.15) is 5.10 Å². The van der Waals surface area contributed by atoms with Gasteiger partial charge < -0.3 is 21.3 Å². The smallest absolute Gasteiger partial charge is 0.273 e. The Bertz CT molecular complexity index is 1290. The van der Waals surface area contributed by atoms with Crippen molar-refractivity contribution in [3.63, 3.8) is 0 Å². The number of aryl methyl sites for hydroxylation is 2. The fourth-order valence-electron chi connectivity index (χ4n) is 4.78. The number of allylic oxidation sites excluding steroid dienone is 2. The first-order valence-electron chi connectivity index (χ1n) is 13.4. The number of carbonyl (C=O) groups excluding carboxylic acids is 2. The number of nitrogen functional groups attached to an aromatic ring is 1. The molecule has 2 aromatic rings. The van der Waals surface area contributed by atoms with Crippen molar-refractivity contribution in [2.45, 2.75) is 52.6 Å². The van der Waals surface area contributed by atoms with E-state index in [1.807, 2.05) is 30.0 Å². The Morgan fingerprint density at radius 3 is 2.61 bits per heavy atom. The fourth-order valence-corrected chi connectivity index (χ4v) is 4.78. The molecule has 0 saturated carbocycles. The van der Waals surface area contributed by atoms with Gasteiger partial charge in [0.05, 0.1) is 11.3 Å². The van der Waals surface area contributed by atoms with Crippen molar-refractivity contribution >= 4 is 23.2 Å². The summed E-state index contributed by atoms with van der Waals surface area (Å²) in [4.78, 5) is 27.9. The quantitative estimate of drug-likeness (QED) is 0.365. The molecule has 3 heterocycles. The highest BCUT2D eigenvalue weighted by Crippen LogP contribution is 2.25. The molecule has 1 aromatic carbocycles. The zero-order valence-corrected chi connectivity index (χ0v) is 22.5. The molecule has 200 valence electrons. The van der Waals surface area contributed by atoms with Crippen molar-refractivity contribution in [3.05, 3.63) is 89.4 Å². The number of dihydropyridines is 1. The van der Waals surface area contributed by atoms with E-state index in [9.17, 15) is 9.59 Å². The SMILES string of the molecule is C=C/C=C(/c1ccc(N)c(CC)c1)n1nc(C(=O)NC2C=CC(C(=O)N3CCC(C)CC3)=CN2)cc1CC. The molecule has 2 amide bonds. The number of nitrogens with two attached hydrogens (primary N) is 1. The van der Waals surface area contributed by atoms with Crippen LogP contribution in [0.4, 0.5) is 5.69 Å². The summed E-state index contributed by atoms with van der Waals surface area (Å²) in [6.07, 6.45) is 12.0. The highest BCUT2D eigenvalue weighted by Gasteiger charge is 2.24. The highest BCUT2D eigenvalue weighted by molar-refractivity contribution is 5.97. The Hall–Kier alpha value is -4.07. The van der Waals surface area contributed by atoms with Crippen LogP contribution in [0.25, 0.3) is 5.70 Å². The second-order valence-electron chi connectivity index (χ2n) is 9.89. The molecule has 38 heavy (non-hydrogen) atoms. The predicted molar refractivity (Wildman–Crippen MR) is 152 cm³/mol. The van der Waals surface area contributed by atoms with Crippen LogP contribution in [0.2, 0.25) is 0 Å². The third-order valence-corrected chi connectivity index (χ3v) is 7.19. The monoisotopic (exact) mass is 514 g/mol. The summed E-state index contributed by atoms with van der Waals surface area (Å²) < 4.78 is 1.79. The van der Waals surface area contributed by atoms with Crippen molar-refractivity contribution < 1.29 is 9.59 Å². The van der Waals surface area contributed by atoms with Gasteiger partial charge in [0.1, 0.15) is 6.17 Å². The van der Waals surface area contributed by atoms with Crippen LogP contribution in [0.5, 0.6) is 0 Å². The van der Waals surface area contributed by atoms with Gasteiger partial charge in [-0.05, 0) is 73.6 Å².